The zero-order chi connectivity index (χ0) is 10.7. The number of nitrogens with zero attached hydrogens (tertiary/aromatic N) is 1. The van der Waals surface area contributed by atoms with Gasteiger partial charge in [0.05, 0.1) is 6.61 Å². The summed E-state index contributed by atoms with van der Waals surface area (Å²) in [5.41, 5.74) is 0.619. The Kier molecular flexibility index (Phi) is 3.23. The zero-order valence-corrected chi connectivity index (χ0v) is 9.04. The number of hydrogen-bond acceptors (Lipinski definition) is 2. The Hall–Kier alpha value is -1.06. The molecule has 0 N–H and O–H groups in total. The molecule has 3 nitrogen and oxygen atoms in total. The molecule has 1 aliphatic heterocycles. The summed E-state index contributed by atoms with van der Waals surface area (Å²) in [6, 6.07) is 6.98. The van der Waals surface area contributed by atoms with Crippen LogP contribution in [0.15, 0.2) is 24.3 Å². The minimum absolute atomic E-state index is 0.0165. The van der Waals surface area contributed by atoms with E-state index in [9.17, 15) is 4.79 Å². The maximum atomic E-state index is 11.9. The Morgan fingerprint density at radius 3 is 3.00 bits per heavy atom. The molecular weight excluding hydrogens is 214 g/mol. The minimum Gasteiger partial charge on any atom is -0.361 e. The first-order valence-electron chi connectivity index (χ1n) is 4.90. The van der Waals surface area contributed by atoms with Crippen molar-refractivity contribution in [2.24, 2.45) is 0 Å². The van der Waals surface area contributed by atoms with Gasteiger partial charge in [-0.3, -0.25) is 4.79 Å². The molecule has 1 heterocycles. The van der Waals surface area contributed by atoms with Gasteiger partial charge in [-0.2, -0.15) is 0 Å². The second kappa shape index (κ2) is 4.64. The summed E-state index contributed by atoms with van der Waals surface area (Å²) in [5.74, 6) is -0.0165. The number of ether oxygens (including phenoxy) is 1. The molecular formula is C11H12ClNO2. The molecule has 0 aromatic heterocycles. The minimum atomic E-state index is -0.0165. The van der Waals surface area contributed by atoms with Crippen molar-refractivity contribution in [1.29, 1.82) is 0 Å². The fourth-order valence-corrected chi connectivity index (χ4v) is 1.75. The highest BCUT2D eigenvalue weighted by molar-refractivity contribution is 6.30. The Labute approximate surface area is 93.6 Å². The second-order valence-electron chi connectivity index (χ2n) is 3.47. The van der Waals surface area contributed by atoms with E-state index in [4.69, 9.17) is 16.3 Å². The van der Waals surface area contributed by atoms with Crippen molar-refractivity contribution in [2.75, 3.05) is 19.9 Å². The van der Waals surface area contributed by atoms with Gasteiger partial charge in [0.25, 0.3) is 5.91 Å². The molecule has 4 heteroatoms. The molecule has 1 amide bonds. The van der Waals surface area contributed by atoms with Crippen LogP contribution in [0.25, 0.3) is 0 Å². The highest BCUT2D eigenvalue weighted by Gasteiger charge is 2.18. The molecule has 0 aliphatic carbocycles. The summed E-state index contributed by atoms with van der Waals surface area (Å²) >= 11 is 5.83. The summed E-state index contributed by atoms with van der Waals surface area (Å²) in [5, 5.41) is 0.582. The fraction of sp³-hybridized carbons (Fsp3) is 0.364. The first-order valence-corrected chi connectivity index (χ1v) is 5.28. The zero-order valence-electron chi connectivity index (χ0n) is 8.28. The molecule has 80 valence electrons. The standard InChI is InChI=1S/C11H12ClNO2/c12-10-4-1-3-9(7-10)11(14)13-5-2-6-15-8-13/h1,3-4,7H,2,5-6,8H2. The monoisotopic (exact) mass is 225 g/mol. The van der Waals surface area contributed by atoms with Gasteiger partial charge in [0.15, 0.2) is 0 Å². The Morgan fingerprint density at radius 2 is 2.33 bits per heavy atom. The van der Waals surface area contributed by atoms with Crippen LogP contribution in [0.3, 0.4) is 0 Å². The van der Waals surface area contributed by atoms with Crippen LogP contribution in [0.1, 0.15) is 16.8 Å². The lowest BCUT2D eigenvalue weighted by atomic mass is 10.2. The molecule has 15 heavy (non-hydrogen) atoms. The van der Waals surface area contributed by atoms with Gasteiger partial charge in [-0.05, 0) is 24.6 Å². The quantitative estimate of drug-likeness (QED) is 0.733. The predicted molar refractivity (Wildman–Crippen MR) is 57.9 cm³/mol. The van der Waals surface area contributed by atoms with Crippen LogP contribution in [0, 0.1) is 0 Å². The van der Waals surface area contributed by atoms with Crippen LogP contribution in [0.5, 0.6) is 0 Å². The highest BCUT2D eigenvalue weighted by atomic mass is 35.5. The SMILES string of the molecule is O=C(c1cccc(Cl)c1)N1CCCOC1. The first-order chi connectivity index (χ1) is 7.27. The summed E-state index contributed by atoms with van der Waals surface area (Å²) in [4.78, 5) is 13.6. The maximum absolute atomic E-state index is 11.9. The van der Waals surface area contributed by atoms with Crippen molar-refractivity contribution in [3.05, 3.63) is 34.9 Å². The predicted octanol–water partition coefficient (Wildman–Crippen LogP) is 2.16. The van der Waals surface area contributed by atoms with Crippen molar-refractivity contribution in [1.82, 2.24) is 4.90 Å². The van der Waals surface area contributed by atoms with Crippen molar-refractivity contribution in [3.8, 4) is 0 Å². The van der Waals surface area contributed by atoms with Gasteiger partial charge in [0, 0.05) is 17.1 Å². The average molecular weight is 226 g/mol. The van der Waals surface area contributed by atoms with Crippen LogP contribution in [0.2, 0.25) is 5.02 Å². The normalized spacial score (nSPS) is 16.5. The third-order valence-corrected chi connectivity index (χ3v) is 2.56. The molecule has 1 saturated heterocycles. The molecule has 0 atom stereocenters. The van der Waals surface area contributed by atoms with Gasteiger partial charge < -0.3 is 9.64 Å². The van der Waals surface area contributed by atoms with Gasteiger partial charge in [0.2, 0.25) is 0 Å². The lowest BCUT2D eigenvalue weighted by Crippen LogP contribution is -2.38. The molecule has 0 bridgehead atoms. The van der Waals surface area contributed by atoms with E-state index < -0.39 is 0 Å². The molecule has 0 radical (unpaired) electrons. The molecule has 1 aromatic carbocycles. The van der Waals surface area contributed by atoms with E-state index in [1.165, 1.54) is 0 Å². The van der Waals surface area contributed by atoms with E-state index in [2.05, 4.69) is 0 Å². The lowest BCUT2D eigenvalue weighted by molar-refractivity contribution is -0.00571. The maximum Gasteiger partial charge on any atom is 0.255 e. The van der Waals surface area contributed by atoms with Gasteiger partial charge in [-0.25, -0.2) is 0 Å². The summed E-state index contributed by atoms with van der Waals surface area (Å²) < 4.78 is 5.23. The van der Waals surface area contributed by atoms with Crippen LogP contribution >= 0.6 is 11.6 Å². The van der Waals surface area contributed by atoms with Gasteiger partial charge >= 0.3 is 0 Å². The number of carbonyl (C=O) groups is 1. The van der Waals surface area contributed by atoms with Crippen molar-refractivity contribution < 1.29 is 9.53 Å². The third kappa shape index (κ3) is 2.49. The summed E-state index contributed by atoms with van der Waals surface area (Å²) in [6.07, 6.45) is 0.895. The number of rotatable bonds is 1. The molecule has 1 aromatic rings. The summed E-state index contributed by atoms with van der Waals surface area (Å²) in [7, 11) is 0. The number of carbonyl (C=O) groups excluding carboxylic acids is 1. The smallest absolute Gasteiger partial charge is 0.255 e. The van der Waals surface area contributed by atoms with Crippen molar-refractivity contribution >= 4 is 17.5 Å². The molecule has 0 unspecified atom stereocenters. The number of amides is 1. The van der Waals surface area contributed by atoms with E-state index >= 15 is 0 Å². The molecule has 2 rings (SSSR count). The van der Waals surface area contributed by atoms with Crippen LogP contribution in [-0.4, -0.2) is 30.7 Å². The summed E-state index contributed by atoms with van der Waals surface area (Å²) in [6.45, 7) is 1.87. The third-order valence-electron chi connectivity index (χ3n) is 2.32. The Bertz CT molecular complexity index is 361. The molecule has 0 saturated carbocycles. The average Bonchev–Trinajstić information content (AvgIpc) is 2.29. The Morgan fingerprint density at radius 1 is 1.47 bits per heavy atom. The van der Waals surface area contributed by atoms with E-state index in [1.807, 2.05) is 0 Å². The lowest BCUT2D eigenvalue weighted by Gasteiger charge is -2.26. The van der Waals surface area contributed by atoms with Crippen LogP contribution < -0.4 is 0 Å². The van der Waals surface area contributed by atoms with Gasteiger partial charge in [-0.1, -0.05) is 17.7 Å². The van der Waals surface area contributed by atoms with Crippen LogP contribution in [-0.2, 0) is 4.74 Å². The number of hydrogen-bond donors (Lipinski definition) is 0. The topological polar surface area (TPSA) is 29.5 Å². The molecule has 0 spiro atoms. The highest BCUT2D eigenvalue weighted by Crippen LogP contribution is 2.14. The number of halogens is 1. The van der Waals surface area contributed by atoms with E-state index in [1.54, 1.807) is 29.2 Å². The first kappa shape index (κ1) is 10.5. The molecule has 1 fully saturated rings. The largest absolute Gasteiger partial charge is 0.361 e. The van der Waals surface area contributed by atoms with E-state index in [-0.39, 0.29) is 5.91 Å². The molecule has 1 aliphatic rings. The van der Waals surface area contributed by atoms with Gasteiger partial charge in [-0.15, -0.1) is 0 Å². The van der Waals surface area contributed by atoms with E-state index in [0.717, 1.165) is 19.6 Å². The van der Waals surface area contributed by atoms with Crippen molar-refractivity contribution in [3.63, 3.8) is 0 Å². The van der Waals surface area contributed by atoms with E-state index in [0.29, 0.717) is 17.3 Å². The number of benzene rings is 1. The fourth-order valence-electron chi connectivity index (χ4n) is 1.56. The van der Waals surface area contributed by atoms with Crippen molar-refractivity contribution in [2.45, 2.75) is 6.42 Å². The second-order valence-corrected chi connectivity index (χ2v) is 3.91. The Balaban J connectivity index is 2.12. The van der Waals surface area contributed by atoms with Crippen LogP contribution in [0.4, 0.5) is 0 Å². The van der Waals surface area contributed by atoms with Gasteiger partial charge in [0.1, 0.15) is 6.73 Å².